The maximum atomic E-state index is 4.53. The van der Waals surface area contributed by atoms with Gasteiger partial charge in [0.2, 0.25) is 0 Å². The van der Waals surface area contributed by atoms with Gasteiger partial charge in [0.1, 0.15) is 5.82 Å². The molecule has 0 spiro atoms. The second kappa shape index (κ2) is 4.45. The lowest BCUT2D eigenvalue weighted by atomic mass is 10.1. The van der Waals surface area contributed by atoms with E-state index in [1.165, 1.54) is 0 Å². The number of aryl methyl sites for hydroxylation is 1. The fourth-order valence-corrected chi connectivity index (χ4v) is 1.68. The van der Waals surface area contributed by atoms with Crippen molar-refractivity contribution >= 4 is 12.6 Å². The summed E-state index contributed by atoms with van der Waals surface area (Å²) in [4.78, 5) is 8.59. The third-order valence-corrected chi connectivity index (χ3v) is 2.70. The number of nitrogens with zero attached hydrogens (tertiary/aromatic N) is 2. The first kappa shape index (κ1) is 10.2. The Morgan fingerprint density at radius 1 is 1.13 bits per heavy atom. The highest BCUT2D eigenvalue weighted by Crippen LogP contribution is 2.24. The zero-order valence-corrected chi connectivity index (χ0v) is 9.35. The average molecular weight is 216 g/mol. The molecule has 2 nitrogen and oxygen atoms in total. The van der Waals surface area contributed by atoms with Crippen LogP contribution in [0.25, 0.3) is 0 Å². The van der Waals surface area contributed by atoms with E-state index in [-0.39, 0.29) is 5.25 Å². The second-order valence-electron chi connectivity index (χ2n) is 3.37. The summed E-state index contributed by atoms with van der Waals surface area (Å²) in [6, 6.07) is 11.9. The SMILES string of the molecule is Cc1ccnc(C(S)c2ccccc2)n1. The fourth-order valence-electron chi connectivity index (χ4n) is 1.38. The fraction of sp³-hybridized carbons (Fsp3) is 0.167. The van der Waals surface area contributed by atoms with Crippen molar-refractivity contribution in [2.45, 2.75) is 12.2 Å². The van der Waals surface area contributed by atoms with E-state index in [9.17, 15) is 0 Å². The Morgan fingerprint density at radius 3 is 2.53 bits per heavy atom. The summed E-state index contributed by atoms with van der Waals surface area (Å²) in [5.41, 5.74) is 2.08. The predicted molar refractivity (Wildman–Crippen MR) is 64.0 cm³/mol. The van der Waals surface area contributed by atoms with E-state index in [0.717, 1.165) is 17.1 Å². The summed E-state index contributed by atoms with van der Waals surface area (Å²) in [7, 11) is 0. The van der Waals surface area contributed by atoms with E-state index in [1.54, 1.807) is 6.20 Å². The number of hydrogen-bond donors (Lipinski definition) is 1. The van der Waals surface area contributed by atoms with E-state index in [1.807, 2.05) is 43.3 Å². The Balaban J connectivity index is 2.32. The van der Waals surface area contributed by atoms with Gasteiger partial charge < -0.3 is 0 Å². The molecule has 1 heterocycles. The van der Waals surface area contributed by atoms with Crippen LogP contribution in [0.3, 0.4) is 0 Å². The topological polar surface area (TPSA) is 25.8 Å². The maximum Gasteiger partial charge on any atom is 0.145 e. The maximum absolute atomic E-state index is 4.53. The molecule has 76 valence electrons. The van der Waals surface area contributed by atoms with Gasteiger partial charge in [-0.15, -0.1) is 0 Å². The van der Waals surface area contributed by atoms with E-state index in [4.69, 9.17) is 0 Å². The largest absolute Gasteiger partial charge is 0.240 e. The quantitative estimate of drug-likeness (QED) is 0.781. The van der Waals surface area contributed by atoms with Gasteiger partial charge in [-0.3, -0.25) is 0 Å². The number of thiol groups is 1. The van der Waals surface area contributed by atoms with Gasteiger partial charge in [-0.25, -0.2) is 9.97 Å². The van der Waals surface area contributed by atoms with Crippen molar-refractivity contribution in [1.82, 2.24) is 9.97 Å². The molecule has 1 aromatic heterocycles. The van der Waals surface area contributed by atoms with Crippen molar-refractivity contribution in [1.29, 1.82) is 0 Å². The zero-order chi connectivity index (χ0) is 10.7. The van der Waals surface area contributed by atoms with Crippen LogP contribution in [0, 0.1) is 6.92 Å². The minimum absolute atomic E-state index is 0.0499. The van der Waals surface area contributed by atoms with Crippen LogP contribution < -0.4 is 0 Å². The third-order valence-electron chi connectivity index (χ3n) is 2.17. The Morgan fingerprint density at radius 2 is 1.87 bits per heavy atom. The van der Waals surface area contributed by atoms with Gasteiger partial charge in [-0.1, -0.05) is 30.3 Å². The first-order chi connectivity index (χ1) is 7.27. The molecule has 2 rings (SSSR count). The molecule has 0 aliphatic rings. The summed E-state index contributed by atoms with van der Waals surface area (Å²) >= 11 is 4.53. The molecule has 15 heavy (non-hydrogen) atoms. The number of benzene rings is 1. The lowest BCUT2D eigenvalue weighted by molar-refractivity contribution is 0.931. The summed E-state index contributed by atoms with van der Waals surface area (Å²) in [6.45, 7) is 1.96. The van der Waals surface area contributed by atoms with Gasteiger partial charge in [0.15, 0.2) is 0 Å². The highest BCUT2D eigenvalue weighted by molar-refractivity contribution is 7.80. The molecule has 0 amide bonds. The zero-order valence-electron chi connectivity index (χ0n) is 8.46. The summed E-state index contributed by atoms with van der Waals surface area (Å²) < 4.78 is 0. The minimum atomic E-state index is -0.0499. The molecule has 0 N–H and O–H groups in total. The van der Waals surface area contributed by atoms with E-state index >= 15 is 0 Å². The Bertz CT molecular complexity index is 442. The lowest BCUT2D eigenvalue weighted by Crippen LogP contribution is -2.00. The predicted octanol–water partition coefficient (Wildman–Crippen LogP) is 2.80. The molecular formula is C12H12N2S. The second-order valence-corrected chi connectivity index (χ2v) is 3.89. The van der Waals surface area contributed by atoms with Crippen LogP contribution in [0.4, 0.5) is 0 Å². The lowest BCUT2D eigenvalue weighted by Gasteiger charge is -2.09. The molecule has 2 aromatic rings. The van der Waals surface area contributed by atoms with Gasteiger partial charge in [0.25, 0.3) is 0 Å². The molecule has 1 unspecified atom stereocenters. The standard InChI is InChI=1S/C12H12N2S/c1-9-7-8-13-12(14-9)11(15)10-5-3-2-4-6-10/h2-8,11,15H,1H3. The number of hydrogen-bond acceptors (Lipinski definition) is 3. The minimum Gasteiger partial charge on any atom is -0.240 e. The van der Waals surface area contributed by atoms with Gasteiger partial charge in [0.05, 0.1) is 5.25 Å². The van der Waals surface area contributed by atoms with Crippen LogP contribution in [0.1, 0.15) is 22.3 Å². The van der Waals surface area contributed by atoms with Gasteiger partial charge in [-0.05, 0) is 18.6 Å². The van der Waals surface area contributed by atoms with Crippen molar-refractivity contribution in [3.63, 3.8) is 0 Å². The monoisotopic (exact) mass is 216 g/mol. The van der Waals surface area contributed by atoms with Crippen molar-refractivity contribution in [3.05, 3.63) is 59.7 Å². The number of aromatic nitrogens is 2. The summed E-state index contributed by atoms with van der Waals surface area (Å²) in [5, 5.41) is -0.0499. The van der Waals surface area contributed by atoms with Crippen LogP contribution in [0.15, 0.2) is 42.6 Å². The van der Waals surface area contributed by atoms with Crippen molar-refractivity contribution < 1.29 is 0 Å². The van der Waals surface area contributed by atoms with Crippen LogP contribution in [0.5, 0.6) is 0 Å². The normalized spacial score (nSPS) is 12.4. The number of rotatable bonds is 2. The molecule has 0 radical (unpaired) electrons. The molecule has 0 saturated carbocycles. The van der Waals surface area contributed by atoms with Crippen LogP contribution >= 0.6 is 12.6 Å². The van der Waals surface area contributed by atoms with Crippen molar-refractivity contribution in [3.8, 4) is 0 Å². The molecule has 0 aliphatic carbocycles. The summed E-state index contributed by atoms with van der Waals surface area (Å²) in [5.74, 6) is 0.754. The van der Waals surface area contributed by atoms with E-state index in [0.29, 0.717) is 0 Å². The first-order valence-electron chi connectivity index (χ1n) is 4.80. The Hall–Kier alpha value is -1.35. The van der Waals surface area contributed by atoms with Crippen LogP contribution in [0.2, 0.25) is 0 Å². The van der Waals surface area contributed by atoms with Gasteiger partial charge >= 0.3 is 0 Å². The molecule has 0 saturated heterocycles. The first-order valence-corrected chi connectivity index (χ1v) is 5.31. The van der Waals surface area contributed by atoms with Crippen molar-refractivity contribution in [2.75, 3.05) is 0 Å². The molecular weight excluding hydrogens is 204 g/mol. The molecule has 0 aliphatic heterocycles. The molecule has 3 heteroatoms. The van der Waals surface area contributed by atoms with E-state index in [2.05, 4.69) is 22.6 Å². The molecule has 0 fully saturated rings. The van der Waals surface area contributed by atoms with Gasteiger partial charge in [-0.2, -0.15) is 12.6 Å². The average Bonchev–Trinajstić information content (AvgIpc) is 2.29. The van der Waals surface area contributed by atoms with Crippen LogP contribution in [-0.4, -0.2) is 9.97 Å². The highest BCUT2D eigenvalue weighted by Gasteiger charge is 2.11. The Kier molecular flexibility index (Phi) is 3.02. The van der Waals surface area contributed by atoms with Gasteiger partial charge in [0, 0.05) is 11.9 Å². The molecule has 0 bridgehead atoms. The smallest absolute Gasteiger partial charge is 0.145 e. The Labute approximate surface area is 94.8 Å². The molecule has 1 aromatic carbocycles. The molecule has 1 atom stereocenters. The highest BCUT2D eigenvalue weighted by atomic mass is 32.1. The summed E-state index contributed by atoms with van der Waals surface area (Å²) in [6.07, 6.45) is 1.77. The van der Waals surface area contributed by atoms with Crippen molar-refractivity contribution in [2.24, 2.45) is 0 Å². The third kappa shape index (κ3) is 2.36. The van der Waals surface area contributed by atoms with E-state index < -0.39 is 0 Å². The van der Waals surface area contributed by atoms with Crippen LogP contribution in [-0.2, 0) is 0 Å².